The van der Waals surface area contributed by atoms with Crippen LogP contribution in [0.15, 0.2) is 95.8 Å². The quantitative estimate of drug-likeness (QED) is 0.297. The molecule has 2 atom stereocenters. The van der Waals surface area contributed by atoms with Crippen molar-refractivity contribution in [3.8, 4) is 22.6 Å². The molecule has 3 aliphatic rings. The Morgan fingerprint density at radius 3 is 2.49 bits per heavy atom. The lowest BCUT2D eigenvalue weighted by atomic mass is 10.0. The van der Waals surface area contributed by atoms with Gasteiger partial charge >= 0.3 is 0 Å². The second-order valence-electron chi connectivity index (χ2n) is 12.1. The normalized spacial score (nSPS) is 17.8. The first-order chi connectivity index (χ1) is 23.7. The minimum absolute atomic E-state index is 0.0815. The first kappa shape index (κ1) is 31.6. The van der Waals surface area contributed by atoms with Crippen molar-refractivity contribution >= 4 is 28.5 Å². The zero-order valence-corrected chi connectivity index (χ0v) is 26.5. The summed E-state index contributed by atoms with van der Waals surface area (Å²) in [7, 11) is 1.54. The van der Waals surface area contributed by atoms with Crippen LogP contribution in [0.3, 0.4) is 0 Å². The molecule has 4 aromatic carbocycles. The maximum atomic E-state index is 15.2. The van der Waals surface area contributed by atoms with E-state index in [1.165, 1.54) is 16.8 Å². The third kappa shape index (κ3) is 6.71. The first-order valence-corrected chi connectivity index (χ1v) is 15.8. The zero-order valence-electron chi connectivity index (χ0n) is 26.5. The van der Waals surface area contributed by atoms with E-state index >= 15 is 4.39 Å². The monoisotopic (exact) mass is 661 g/mol. The summed E-state index contributed by atoms with van der Waals surface area (Å²) in [6.07, 6.45) is -0.754. The molecule has 11 nitrogen and oxygen atoms in total. The molecule has 6 bridgehead atoms. The fraction of sp³-hybridized carbons (Fsp3) is 0.216. The van der Waals surface area contributed by atoms with Crippen molar-refractivity contribution in [2.75, 3.05) is 19.7 Å². The van der Waals surface area contributed by atoms with Gasteiger partial charge in [0.2, 0.25) is 5.91 Å². The van der Waals surface area contributed by atoms with Gasteiger partial charge in [-0.1, -0.05) is 48.5 Å². The number of nitrogens with one attached hydrogen (secondary N) is 2. The van der Waals surface area contributed by atoms with Gasteiger partial charge < -0.3 is 25.0 Å². The molecule has 3 aliphatic heterocycles. The van der Waals surface area contributed by atoms with E-state index in [9.17, 15) is 19.2 Å². The molecule has 8 rings (SSSR count). The number of carbonyl (C=O) groups excluding carboxylic acids is 3. The van der Waals surface area contributed by atoms with Gasteiger partial charge in [0.1, 0.15) is 23.4 Å². The average molecular weight is 662 g/mol. The molecule has 0 spiro atoms. The molecule has 1 saturated heterocycles. The SMILES string of the molecule is Cn1nc(CC(=O)N2C[C@@H]3NC(=O)c4cc(ccc4F)-c4cccc(c4)OCC(=O)NCc4ccc(cc4)O[C@H]3C2)c2ccccc2c1=O. The number of amides is 3. The number of rotatable bonds is 2. The van der Waals surface area contributed by atoms with Crippen LogP contribution in [0.25, 0.3) is 21.9 Å². The molecule has 0 unspecified atom stereocenters. The van der Waals surface area contributed by atoms with Gasteiger partial charge in [0.15, 0.2) is 6.61 Å². The van der Waals surface area contributed by atoms with E-state index < -0.39 is 23.9 Å². The Morgan fingerprint density at radius 2 is 1.67 bits per heavy atom. The Hall–Kier alpha value is -6.04. The Morgan fingerprint density at radius 1 is 0.898 bits per heavy atom. The van der Waals surface area contributed by atoms with Crippen molar-refractivity contribution in [1.82, 2.24) is 25.3 Å². The maximum Gasteiger partial charge on any atom is 0.274 e. The summed E-state index contributed by atoms with van der Waals surface area (Å²) >= 11 is 0. The van der Waals surface area contributed by atoms with Crippen molar-refractivity contribution in [3.63, 3.8) is 0 Å². The number of hydrogen-bond acceptors (Lipinski definition) is 7. The van der Waals surface area contributed by atoms with Gasteiger partial charge in [-0.25, -0.2) is 9.07 Å². The summed E-state index contributed by atoms with van der Waals surface area (Å²) in [5, 5.41) is 11.2. The molecular formula is C37H32FN5O6. The molecule has 49 heavy (non-hydrogen) atoms. The molecule has 1 fully saturated rings. The first-order valence-electron chi connectivity index (χ1n) is 15.8. The molecular weight excluding hydrogens is 629 g/mol. The highest BCUT2D eigenvalue weighted by atomic mass is 19.1. The van der Waals surface area contributed by atoms with Crippen LogP contribution in [0.5, 0.6) is 11.5 Å². The molecule has 0 radical (unpaired) electrons. The number of nitrogens with zero attached hydrogens (tertiary/aromatic N) is 3. The maximum absolute atomic E-state index is 15.2. The second kappa shape index (κ2) is 13.2. The number of ether oxygens (including phenoxy) is 2. The van der Waals surface area contributed by atoms with Gasteiger partial charge in [0, 0.05) is 25.5 Å². The summed E-state index contributed by atoms with van der Waals surface area (Å²) in [4.78, 5) is 54.1. The standard InChI is InChI=1S/C37H32FN5O6/c1-42-37(47)28-8-3-2-7-27(28)31(41-42)17-35(45)43-19-32-33(20-43)49-25-12-9-22(10-13-25)18-39-34(44)21-48-26-6-4-5-23(15-26)24-11-14-30(38)29(16-24)36(46)40-32/h2-16,32-33H,17-21H2,1H3,(H,39,44)(H,40,46)/t32-,33-/m0/s1. The van der Waals surface area contributed by atoms with E-state index in [0.29, 0.717) is 39.1 Å². The van der Waals surface area contributed by atoms with Gasteiger partial charge in [0.05, 0.1) is 35.7 Å². The Kier molecular flexibility index (Phi) is 8.52. The van der Waals surface area contributed by atoms with Gasteiger partial charge in [-0.2, -0.15) is 5.10 Å². The number of fused-ring (bicyclic) bond motifs is 8. The fourth-order valence-corrected chi connectivity index (χ4v) is 6.15. The Labute approximate surface area is 280 Å². The topological polar surface area (TPSA) is 132 Å². The summed E-state index contributed by atoms with van der Waals surface area (Å²) in [5.74, 6) is -1.01. The molecule has 0 saturated carbocycles. The average Bonchev–Trinajstić information content (AvgIpc) is 3.51. The third-order valence-electron chi connectivity index (χ3n) is 8.74. The van der Waals surface area contributed by atoms with Crippen LogP contribution in [0, 0.1) is 5.82 Å². The zero-order chi connectivity index (χ0) is 34.1. The van der Waals surface area contributed by atoms with E-state index in [1.54, 1.807) is 90.8 Å². The lowest BCUT2D eigenvalue weighted by molar-refractivity contribution is -0.129. The molecule has 12 heteroatoms. The van der Waals surface area contributed by atoms with Gasteiger partial charge in [-0.15, -0.1) is 0 Å². The van der Waals surface area contributed by atoms with Crippen LogP contribution in [0.1, 0.15) is 21.6 Å². The fourth-order valence-electron chi connectivity index (χ4n) is 6.15. The van der Waals surface area contributed by atoms with Crippen molar-refractivity contribution in [1.29, 1.82) is 0 Å². The van der Waals surface area contributed by atoms with E-state index in [1.807, 2.05) is 0 Å². The Balaban J connectivity index is 1.20. The lowest BCUT2D eigenvalue weighted by Gasteiger charge is -2.21. The molecule has 3 amide bonds. The van der Waals surface area contributed by atoms with E-state index in [2.05, 4.69) is 15.7 Å². The van der Waals surface area contributed by atoms with E-state index in [-0.39, 0.29) is 55.6 Å². The predicted molar refractivity (Wildman–Crippen MR) is 179 cm³/mol. The molecule has 248 valence electrons. The van der Waals surface area contributed by atoms with Crippen LogP contribution >= 0.6 is 0 Å². The van der Waals surface area contributed by atoms with Crippen molar-refractivity contribution in [2.24, 2.45) is 7.05 Å². The van der Waals surface area contributed by atoms with Gasteiger partial charge in [-0.05, 0) is 59.2 Å². The number of hydrogen-bond donors (Lipinski definition) is 2. The minimum atomic E-state index is -0.709. The number of halogens is 1. The molecule has 1 aromatic heterocycles. The summed E-state index contributed by atoms with van der Waals surface area (Å²) in [6.45, 7) is 0.318. The van der Waals surface area contributed by atoms with Crippen LogP contribution in [0.2, 0.25) is 0 Å². The van der Waals surface area contributed by atoms with E-state index in [4.69, 9.17) is 9.47 Å². The Bertz CT molecular complexity index is 2150. The second-order valence-corrected chi connectivity index (χ2v) is 12.1. The van der Waals surface area contributed by atoms with E-state index in [0.717, 1.165) is 5.56 Å². The number of aryl methyl sites for hydroxylation is 1. The number of carbonyl (C=O) groups is 3. The van der Waals surface area contributed by atoms with Crippen molar-refractivity contribution in [2.45, 2.75) is 25.1 Å². The van der Waals surface area contributed by atoms with Crippen LogP contribution < -0.4 is 25.7 Å². The van der Waals surface area contributed by atoms with Crippen molar-refractivity contribution < 1.29 is 28.2 Å². The van der Waals surface area contributed by atoms with Gasteiger partial charge in [0.25, 0.3) is 17.4 Å². The van der Waals surface area contributed by atoms with Crippen LogP contribution in [0.4, 0.5) is 4.39 Å². The van der Waals surface area contributed by atoms with Crippen molar-refractivity contribution in [3.05, 3.63) is 124 Å². The predicted octanol–water partition coefficient (Wildman–Crippen LogP) is 3.38. The summed E-state index contributed by atoms with van der Waals surface area (Å²) in [6, 6.07) is 24.6. The highest BCUT2D eigenvalue weighted by Gasteiger charge is 2.38. The van der Waals surface area contributed by atoms with Crippen LogP contribution in [-0.4, -0.2) is 64.2 Å². The molecule has 0 aliphatic carbocycles. The highest BCUT2D eigenvalue weighted by Crippen LogP contribution is 2.27. The summed E-state index contributed by atoms with van der Waals surface area (Å²) < 4.78 is 28.4. The third-order valence-corrected chi connectivity index (χ3v) is 8.74. The number of aromatic nitrogens is 2. The number of benzene rings is 4. The molecule has 5 aromatic rings. The molecule has 2 N–H and O–H groups in total. The highest BCUT2D eigenvalue weighted by molar-refractivity contribution is 5.96. The number of likely N-dealkylation sites (tertiary alicyclic amines) is 1. The van der Waals surface area contributed by atoms with Crippen LogP contribution in [-0.2, 0) is 29.6 Å². The largest absolute Gasteiger partial charge is 0.486 e. The molecule has 4 heterocycles. The van der Waals surface area contributed by atoms with Gasteiger partial charge in [-0.3, -0.25) is 19.2 Å². The smallest absolute Gasteiger partial charge is 0.274 e. The lowest BCUT2D eigenvalue weighted by Crippen LogP contribution is -2.45. The summed E-state index contributed by atoms with van der Waals surface area (Å²) in [5.41, 5.74) is 2.08. The minimum Gasteiger partial charge on any atom is -0.486 e.